The molecule has 12 heteroatoms. The van der Waals surface area contributed by atoms with Gasteiger partial charge in [0.15, 0.2) is 24.6 Å². The molecule has 75 heavy (non-hydrogen) atoms. The molecule has 432 valence electrons. The smallest absolute Gasteiger partial charge is 0.335 e. The number of hydrogen-bond donors (Lipinski definition) is 3. The summed E-state index contributed by atoms with van der Waals surface area (Å²) >= 11 is 0. The van der Waals surface area contributed by atoms with Gasteiger partial charge in [0.25, 0.3) is 0 Å². The number of carbonyl (C=O) groups excluding carboxylic acids is 3. The number of aliphatic hydroxyl groups excluding tert-OH is 2. The number of ether oxygens (including phenoxy) is 5. The van der Waals surface area contributed by atoms with E-state index in [2.05, 4.69) is 81.5 Å². The van der Waals surface area contributed by atoms with Crippen LogP contribution in [0.4, 0.5) is 0 Å². The fraction of sp³-hybridized carbons (Fsp3) is 0.778. The zero-order valence-corrected chi connectivity index (χ0v) is 47.5. The highest BCUT2D eigenvalue weighted by Gasteiger charge is 2.50. The van der Waals surface area contributed by atoms with Crippen LogP contribution >= 0.6 is 0 Å². The Kier molecular flexibility index (Phi) is 47.4. The van der Waals surface area contributed by atoms with Crippen molar-refractivity contribution in [3.8, 4) is 0 Å². The van der Waals surface area contributed by atoms with Gasteiger partial charge in [-0.2, -0.15) is 0 Å². The average Bonchev–Trinajstić information content (AvgIpc) is 3.39. The molecule has 1 aliphatic heterocycles. The Morgan fingerprint density at radius 1 is 0.453 bits per heavy atom. The molecule has 0 aliphatic carbocycles. The molecule has 0 amide bonds. The number of carboxylic acid groups (broad SMARTS) is 1. The summed E-state index contributed by atoms with van der Waals surface area (Å²) < 4.78 is 28.4. The minimum Gasteiger partial charge on any atom is -0.479 e. The van der Waals surface area contributed by atoms with E-state index in [0.717, 1.165) is 103 Å². The highest BCUT2D eigenvalue weighted by molar-refractivity contribution is 5.74. The Labute approximate surface area is 456 Å². The number of hydrogen-bond acceptors (Lipinski definition) is 11. The minimum absolute atomic E-state index is 0.0585. The fourth-order valence-corrected chi connectivity index (χ4v) is 8.93. The lowest BCUT2D eigenvalue weighted by Crippen LogP contribution is -2.61. The Hall–Kier alpha value is -3.58. The van der Waals surface area contributed by atoms with Gasteiger partial charge in [-0.3, -0.25) is 14.4 Å². The first-order valence-corrected chi connectivity index (χ1v) is 30.3. The Balaban J connectivity index is 2.66. The van der Waals surface area contributed by atoms with Gasteiger partial charge in [0.1, 0.15) is 18.8 Å². The zero-order chi connectivity index (χ0) is 54.7. The van der Waals surface area contributed by atoms with E-state index in [1.165, 1.54) is 103 Å². The summed E-state index contributed by atoms with van der Waals surface area (Å²) in [6.07, 6.45) is 50.6. The topological polar surface area (TPSA) is 175 Å². The number of allylic oxidation sites excluding steroid dienone is 10. The third kappa shape index (κ3) is 41.2. The Bertz CT molecular complexity index is 1540. The second-order valence-electron chi connectivity index (χ2n) is 20.6. The fourth-order valence-electron chi connectivity index (χ4n) is 8.93. The van der Waals surface area contributed by atoms with Gasteiger partial charge in [0.05, 0.1) is 6.61 Å². The number of unbranched alkanes of at least 4 members (excludes halogenated alkanes) is 27. The maximum absolute atomic E-state index is 13.1. The summed E-state index contributed by atoms with van der Waals surface area (Å²) in [5, 5.41) is 31.5. The Morgan fingerprint density at radius 3 is 1.36 bits per heavy atom. The van der Waals surface area contributed by atoms with E-state index < -0.39 is 67.3 Å². The van der Waals surface area contributed by atoms with Crippen LogP contribution in [-0.4, -0.2) is 89.2 Å². The van der Waals surface area contributed by atoms with Crippen molar-refractivity contribution in [2.75, 3.05) is 13.2 Å². The summed E-state index contributed by atoms with van der Waals surface area (Å²) in [5.41, 5.74) is 0. The SMILES string of the molecule is CC/C=C\C/C=C\C/C=C\C/C=C\CCCCC(=O)OCC(COC1OC(C(=O)O)C(O)C(O)C1OC(=O)CCCCCCCCCCCCCCCCCCCCC)OC(=O)CCCCCCC/C=C\CCCC. The lowest BCUT2D eigenvalue weighted by molar-refractivity contribution is -0.301. The largest absolute Gasteiger partial charge is 0.479 e. The predicted octanol–water partition coefficient (Wildman–Crippen LogP) is 15.6. The van der Waals surface area contributed by atoms with Crippen molar-refractivity contribution in [1.82, 2.24) is 0 Å². The Morgan fingerprint density at radius 2 is 0.853 bits per heavy atom. The van der Waals surface area contributed by atoms with Crippen molar-refractivity contribution in [2.45, 2.75) is 302 Å². The summed E-state index contributed by atoms with van der Waals surface area (Å²) in [6, 6.07) is 0. The number of aliphatic carboxylic acids is 1. The van der Waals surface area contributed by atoms with Gasteiger partial charge in [-0.25, -0.2) is 4.79 Å². The first-order chi connectivity index (χ1) is 36.6. The van der Waals surface area contributed by atoms with Crippen LogP contribution in [0.3, 0.4) is 0 Å². The van der Waals surface area contributed by atoms with Crippen LogP contribution in [0.15, 0.2) is 60.8 Å². The zero-order valence-electron chi connectivity index (χ0n) is 47.5. The quantitative estimate of drug-likeness (QED) is 0.0228. The highest BCUT2D eigenvalue weighted by atomic mass is 16.7. The van der Waals surface area contributed by atoms with Gasteiger partial charge in [-0.05, 0) is 77.0 Å². The molecule has 6 atom stereocenters. The van der Waals surface area contributed by atoms with Crippen molar-refractivity contribution in [3.05, 3.63) is 60.8 Å². The predicted molar refractivity (Wildman–Crippen MR) is 303 cm³/mol. The normalized spacial score (nSPS) is 18.5. The van der Waals surface area contributed by atoms with Gasteiger partial charge in [0, 0.05) is 19.3 Å². The van der Waals surface area contributed by atoms with Gasteiger partial charge in [-0.15, -0.1) is 0 Å². The number of carboxylic acids is 1. The summed E-state index contributed by atoms with van der Waals surface area (Å²) in [5.74, 6) is -3.17. The number of rotatable bonds is 51. The molecular formula is C63H108O12. The lowest BCUT2D eigenvalue weighted by Gasteiger charge is -2.40. The molecule has 12 nitrogen and oxygen atoms in total. The van der Waals surface area contributed by atoms with Crippen LogP contribution in [0.5, 0.6) is 0 Å². The molecular weight excluding hydrogens is 949 g/mol. The van der Waals surface area contributed by atoms with Gasteiger partial charge < -0.3 is 39.0 Å². The molecule has 1 fully saturated rings. The van der Waals surface area contributed by atoms with Crippen molar-refractivity contribution in [3.63, 3.8) is 0 Å². The van der Waals surface area contributed by atoms with Crippen molar-refractivity contribution in [1.29, 1.82) is 0 Å². The number of carbonyl (C=O) groups is 4. The van der Waals surface area contributed by atoms with E-state index in [4.69, 9.17) is 23.7 Å². The van der Waals surface area contributed by atoms with E-state index in [1.54, 1.807) is 0 Å². The van der Waals surface area contributed by atoms with E-state index in [1.807, 2.05) is 0 Å². The molecule has 0 spiro atoms. The summed E-state index contributed by atoms with van der Waals surface area (Å²) in [6.45, 7) is 5.81. The van der Waals surface area contributed by atoms with Crippen LogP contribution in [0.1, 0.15) is 265 Å². The van der Waals surface area contributed by atoms with Crippen LogP contribution in [0.25, 0.3) is 0 Å². The van der Waals surface area contributed by atoms with Crippen molar-refractivity contribution < 1.29 is 58.2 Å². The van der Waals surface area contributed by atoms with E-state index >= 15 is 0 Å². The van der Waals surface area contributed by atoms with Crippen LogP contribution in [0, 0.1) is 0 Å². The van der Waals surface area contributed by atoms with Crippen LogP contribution in [-0.2, 0) is 42.9 Å². The van der Waals surface area contributed by atoms with Crippen molar-refractivity contribution >= 4 is 23.9 Å². The third-order valence-electron chi connectivity index (χ3n) is 13.6. The van der Waals surface area contributed by atoms with E-state index in [-0.39, 0.29) is 25.9 Å². The molecule has 1 rings (SSSR count). The standard InChI is InChI=1S/C63H108O12/c1-4-7-10-13-16-19-22-24-26-27-28-29-31-33-36-39-42-45-48-51-57(66)74-61-59(68)58(67)60(62(69)70)75-63(61)72-53-54(73-56(65)50-47-44-41-38-34-21-18-15-12-9-6-3)52-71-55(64)49-46-43-40-37-35-32-30-25-23-20-17-14-11-8-5-2/h8,11,15,17-18,20,25,30,35,37,54,58-61,63,67-68H,4-7,9-10,12-14,16,19,21-24,26-29,31-34,36,38-53H2,1-3H3,(H,69,70)/b11-8-,18-15-,20-17-,30-25-,37-35-. The average molecular weight is 1060 g/mol. The monoisotopic (exact) mass is 1060 g/mol. The second-order valence-corrected chi connectivity index (χ2v) is 20.6. The molecule has 0 saturated carbocycles. The van der Waals surface area contributed by atoms with Gasteiger partial charge in [-0.1, -0.05) is 229 Å². The molecule has 1 saturated heterocycles. The van der Waals surface area contributed by atoms with Crippen molar-refractivity contribution in [2.24, 2.45) is 0 Å². The van der Waals surface area contributed by atoms with E-state index in [9.17, 15) is 34.5 Å². The summed E-state index contributed by atoms with van der Waals surface area (Å²) in [4.78, 5) is 51.1. The van der Waals surface area contributed by atoms with Gasteiger partial charge >= 0.3 is 23.9 Å². The highest BCUT2D eigenvalue weighted by Crippen LogP contribution is 2.26. The molecule has 0 aromatic heterocycles. The molecule has 3 N–H and O–H groups in total. The number of aliphatic hydroxyl groups is 2. The summed E-state index contributed by atoms with van der Waals surface area (Å²) in [7, 11) is 0. The molecule has 1 heterocycles. The second kappa shape index (κ2) is 51.2. The molecule has 6 unspecified atom stereocenters. The van der Waals surface area contributed by atoms with Crippen LogP contribution < -0.4 is 0 Å². The molecule has 0 radical (unpaired) electrons. The third-order valence-corrected chi connectivity index (χ3v) is 13.6. The molecule has 1 aliphatic rings. The van der Waals surface area contributed by atoms with E-state index in [0.29, 0.717) is 19.3 Å². The maximum atomic E-state index is 13.1. The van der Waals surface area contributed by atoms with Crippen LogP contribution in [0.2, 0.25) is 0 Å². The first-order valence-electron chi connectivity index (χ1n) is 30.3. The van der Waals surface area contributed by atoms with Gasteiger partial charge in [0.2, 0.25) is 0 Å². The molecule has 0 bridgehead atoms. The number of esters is 3. The first kappa shape index (κ1) is 69.4. The maximum Gasteiger partial charge on any atom is 0.335 e. The molecule has 0 aromatic carbocycles. The minimum atomic E-state index is -1.91. The lowest BCUT2D eigenvalue weighted by atomic mass is 9.98. The molecule has 0 aromatic rings.